The first-order chi connectivity index (χ1) is 8.52. The summed E-state index contributed by atoms with van der Waals surface area (Å²) >= 11 is 0. The van der Waals surface area contributed by atoms with Crippen LogP contribution in [0.15, 0.2) is 11.6 Å². The van der Waals surface area contributed by atoms with Crippen molar-refractivity contribution >= 4 is 5.91 Å². The Balaban J connectivity index is 2.28. The van der Waals surface area contributed by atoms with E-state index in [2.05, 4.69) is 37.5 Å². The van der Waals surface area contributed by atoms with Crippen molar-refractivity contribution < 1.29 is 4.79 Å². The largest absolute Gasteiger partial charge is 0.355 e. The van der Waals surface area contributed by atoms with Gasteiger partial charge in [-0.25, -0.2) is 0 Å². The summed E-state index contributed by atoms with van der Waals surface area (Å²) in [5.41, 5.74) is 1.49. The zero-order valence-electron chi connectivity index (χ0n) is 12.3. The molecule has 0 aromatic carbocycles. The van der Waals surface area contributed by atoms with Gasteiger partial charge in [-0.3, -0.25) is 4.79 Å². The molecule has 0 aromatic heterocycles. The van der Waals surface area contributed by atoms with Crippen LogP contribution in [0.1, 0.15) is 47.0 Å². The molecular formula is C15H28N2O. The van der Waals surface area contributed by atoms with Gasteiger partial charge in [0.15, 0.2) is 0 Å². The minimum Gasteiger partial charge on any atom is -0.355 e. The first kappa shape index (κ1) is 15.2. The van der Waals surface area contributed by atoms with Crippen molar-refractivity contribution in [1.82, 2.24) is 10.6 Å². The summed E-state index contributed by atoms with van der Waals surface area (Å²) in [7, 11) is 0. The smallest absolute Gasteiger partial charge is 0.236 e. The van der Waals surface area contributed by atoms with Gasteiger partial charge in [0.05, 0.1) is 6.04 Å². The van der Waals surface area contributed by atoms with E-state index in [0.717, 1.165) is 19.5 Å². The van der Waals surface area contributed by atoms with Crippen molar-refractivity contribution in [2.24, 2.45) is 11.8 Å². The number of nitrogens with one attached hydrogen (secondary N) is 2. The van der Waals surface area contributed by atoms with Crippen LogP contribution in [-0.2, 0) is 4.79 Å². The molecule has 18 heavy (non-hydrogen) atoms. The fraction of sp³-hybridized carbons (Fsp3) is 0.800. The predicted octanol–water partition coefficient (Wildman–Crippen LogP) is 2.48. The molecule has 0 aromatic rings. The lowest BCUT2D eigenvalue weighted by Crippen LogP contribution is -2.44. The maximum Gasteiger partial charge on any atom is 0.236 e. The number of amides is 1. The Labute approximate surface area is 111 Å². The van der Waals surface area contributed by atoms with Gasteiger partial charge < -0.3 is 10.6 Å². The molecule has 0 spiro atoms. The van der Waals surface area contributed by atoms with E-state index in [-0.39, 0.29) is 11.9 Å². The molecule has 0 aliphatic heterocycles. The highest BCUT2D eigenvalue weighted by Crippen LogP contribution is 2.27. The van der Waals surface area contributed by atoms with Crippen LogP contribution < -0.4 is 10.6 Å². The minimum absolute atomic E-state index is 0.0851. The molecule has 0 fully saturated rings. The lowest BCUT2D eigenvalue weighted by atomic mass is 9.83. The summed E-state index contributed by atoms with van der Waals surface area (Å²) < 4.78 is 0. The minimum atomic E-state index is -0.0851. The van der Waals surface area contributed by atoms with Crippen LogP contribution in [0.4, 0.5) is 0 Å². The summed E-state index contributed by atoms with van der Waals surface area (Å²) in [6, 6.07) is -0.0851. The standard InChI is InChI=1S/C15H28N2O/c1-5-6-16-15(18)13(4)17-10-14-8-11(2)7-12(3)9-14/h7,11,13-14,17H,5-6,8-10H2,1-4H3,(H,16,18). The maximum atomic E-state index is 11.7. The lowest BCUT2D eigenvalue weighted by molar-refractivity contribution is -0.122. The van der Waals surface area contributed by atoms with Gasteiger partial charge in [0.25, 0.3) is 0 Å². The number of carbonyl (C=O) groups is 1. The van der Waals surface area contributed by atoms with Gasteiger partial charge in [0, 0.05) is 6.54 Å². The van der Waals surface area contributed by atoms with E-state index in [1.165, 1.54) is 18.4 Å². The van der Waals surface area contributed by atoms with Crippen LogP contribution in [-0.4, -0.2) is 25.0 Å². The van der Waals surface area contributed by atoms with Crippen LogP contribution in [0.25, 0.3) is 0 Å². The van der Waals surface area contributed by atoms with Crippen molar-refractivity contribution in [3.8, 4) is 0 Å². The quantitative estimate of drug-likeness (QED) is 0.713. The molecule has 104 valence electrons. The van der Waals surface area contributed by atoms with Crippen LogP contribution in [0.3, 0.4) is 0 Å². The molecule has 3 unspecified atom stereocenters. The Bertz CT molecular complexity index is 299. The molecule has 3 atom stereocenters. The highest BCUT2D eigenvalue weighted by atomic mass is 16.2. The van der Waals surface area contributed by atoms with E-state index in [4.69, 9.17) is 0 Å². The van der Waals surface area contributed by atoms with Gasteiger partial charge in [0.1, 0.15) is 0 Å². The molecule has 0 saturated carbocycles. The molecule has 3 heteroatoms. The van der Waals surface area contributed by atoms with Crippen molar-refractivity contribution in [1.29, 1.82) is 0 Å². The van der Waals surface area contributed by atoms with E-state index in [9.17, 15) is 4.79 Å². The SMILES string of the molecule is CCCNC(=O)C(C)NCC1CC(C)=CC(C)C1. The second kappa shape index (κ2) is 7.57. The third-order valence-corrected chi connectivity index (χ3v) is 3.54. The van der Waals surface area contributed by atoms with Crippen molar-refractivity contribution in [3.05, 3.63) is 11.6 Å². The average Bonchev–Trinajstić information content (AvgIpc) is 2.31. The van der Waals surface area contributed by atoms with Gasteiger partial charge >= 0.3 is 0 Å². The summed E-state index contributed by atoms with van der Waals surface area (Å²) in [5.74, 6) is 1.47. The zero-order chi connectivity index (χ0) is 13.5. The molecule has 2 N–H and O–H groups in total. The van der Waals surface area contributed by atoms with E-state index >= 15 is 0 Å². The van der Waals surface area contributed by atoms with Crippen molar-refractivity contribution in [3.63, 3.8) is 0 Å². The average molecular weight is 252 g/mol. The summed E-state index contributed by atoms with van der Waals surface area (Å²) in [5, 5.41) is 6.29. The Kier molecular flexibility index (Phi) is 6.41. The first-order valence-corrected chi connectivity index (χ1v) is 7.21. The molecule has 0 bridgehead atoms. The molecule has 0 radical (unpaired) electrons. The van der Waals surface area contributed by atoms with E-state index in [1.807, 2.05) is 6.92 Å². The topological polar surface area (TPSA) is 41.1 Å². The highest BCUT2D eigenvalue weighted by molar-refractivity contribution is 5.81. The molecule has 1 rings (SSSR count). The molecule has 1 aliphatic rings. The molecule has 3 nitrogen and oxygen atoms in total. The number of hydrogen-bond acceptors (Lipinski definition) is 2. The van der Waals surface area contributed by atoms with E-state index < -0.39 is 0 Å². The maximum absolute atomic E-state index is 11.7. The molecule has 1 amide bonds. The second-order valence-corrected chi connectivity index (χ2v) is 5.72. The summed E-state index contributed by atoms with van der Waals surface area (Å²) in [4.78, 5) is 11.7. The normalized spacial score (nSPS) is 25.4. The summed E-state index contributed by atoms with van der Waals surface area (Å²) in [6.07, 6.45) is 5.75. The van der Waals surface area contributed by atoms with Gasteiger partial charge in [-0.2, -0.15) is 0 Å². The number of carbonyl (C=O) groups excluding carboxylic acids is 1. The molecular weight excluding hydrogens is 224 g/mol. The third kappa shape index (κ3) is 5.21. The fourth-order valence-electron chi connectivity index (χ4n) is 2.68. The molecule has 0 heterocycles. The Morgan fingerprint density at radius 1 is 1.56 bits per heavy atom. The van der Waals surface area contributed by atoms with Crippen molar-refractivity contribution in [2.45, 2.75) is 53.0 Å². The second-order valence-electron chi connectivity index (χ2n) is 5.72. The highest BCUT2D eigenvalue weighted by Gasteiger charge is 2.19. The fourth-order valence-corrected chi connectivity index (χ4v) is 2.68. The van der Waals surface area contributed by atoms with E-state index in [1.54, 1.807) is 0 Å². The first-order valence-electron chi connectivity index (χ1n) is 7.21. The van der Waals surface area contributed by atoms with Gasteiger partial charge in [-0.15, -0.1) is 0 Å². The number of allylic oxidation sites excluding steroid dienone is 2. The summed E-state index contributed by atoms with van der Waals surface area (Å²) in [6.45, 7) is 10.2. The number of rotatable bonds is 6. The zero-order valence-corrected chi connectivity index (χ0v) is 12.3. The van der Waals surface area contributed by atoms with E-state index in [0.29, 0.717) is 11.8 Å². The van der Waals surface area contributed by atoms with Gasteiger partial charge in [-0.1, -0.05) is 25.5 Å². The lowest BCUT2D eigenvalue weighted by Gasteiger charge is -2.26. The number of hydrogen-bond donors (Lipinski definition) is 2. The van der Waals surface area contributed by atoms with Crippen LogP contribution in [0.2, 0.25) is 0 Å². The molecule has 0 saturated heterocycles. The van der Waals surface area contributed by atoms with Crippen LogP contribution in [0, 0.1) is 11.8 Å². The van der Waals surface area contributed by atoms with Gasteiger partial charge in [0.2, 0.25) is 5.91 Å². The van der Waals surface area contributed by atoms with Crippen molar-refractivity contribution in [2.75, 3.05) is 13.1 Å². The van der Waals surface area contributed by atoms with Crippen LogP contribution >= 0.6 is 0 Å². The monoisotopic (exact) mass is 252 g/mol. The molecule has 1 aliphatic carbocycles. The Hall–Kier alpha value is -0.830. The predicted molar refractivity (Wildman–Crippen MR) is 76.4 cm³/mol. The Morgan fingerprint density at radius 3 is 2.89 bits per heavy atom. The Morgan fingerprint density at radius 2 is 2.28 bits per heavy atom. The van der Waals surface area contributed by atoms with Crippen LogP contribution in [0.5, 0.6) is 0 Å². The third-order valence-electron chi connectivity index (χ3n) is 3.54. The van der Waals surface area contributed by atoms with Gasteiger partial charge in [-0.05, 0) is 51.5 Å².